The van der Waals surface area contributed by atoms with Gasteiger partial charge in [0.05, 0.1) is 19.3 Å². The van der Waals surface area contributed by atoms with E-state index in [1.807, 2.05) is 49.2 Å². The highest BCUT2D eigenvalue weighted by atomic mass is 16.3. The highest BCUT2D eigenvalue weighted by Gasteiger charge is 2.25. The van der Waals surface area contributed by atoms with Gasteiger partial charge in [-0.25, -0.2) is 0 Å². The van der Waals surface area contributed by atoms with Crippen molar-refractivity contribution in [3.63, 3.8) is 0 Å². The standard InChI is InChI=1S/C14H23NO3/c1-14(10-16,11-17)9-15(2)8-13(18)12-6-4-3-5-7-12/h3-7,13,16-18H,8-11H2,1-2H3. The average molecular weight is 253 g/mol. The summed E-state index contributed by atoms with van der Waals surface area (Å²) in [6, 6.07) is 9.47. The molecule has 1 aromatic rings. The van der Waals surface area contributed by atoms with E-state index in [4.69, 9.17) is 0 Å². The largest absolute Gasteiger partial charge is 0.396 e. The van der Waals surface area contributed by atoms with Crippen LogP contribution >= 0.6 is 0 Å². The first kappa shape index (κ1) is 15.1. The first-order valence-electron chi connectivity index (χ1n) is 6.14. The van der Waals surface area contributed by atoms with E-state index in [1.165, 1.54) is 0 Å². The molecule has 0 saturated heterocycles. The third-order valence-corrected chi connectivity index (χ3v) is 3.08. The van der Waals surface area contributed by atoms with Crippen LogP contribution in [0.2, 0.25) is 0 Å². The zero-order valence-corrected chi connectivity index (χ0v) is 11.1. The van der Waals surface area contributed by atoms with E-state index < -0.39 is 11.5 Å². The number of likely N-dealkylation sites (N-methyl/N-ethyl adjacent to an activating group) is 1. The topological polar surface area (TPSA) is 63.9 Å². The molecule has 0 aromatic heterocycles. The Balaban J connectivity index is 2.52. The van der Waals surface area contributed by atoms with Crippen molar-refractivity contribution in [2.45, 2.75) is 13.0 Å². The first-order chi connectivity index (χ1) is 8.50. The van der Waals surface area contributed by atoms with Gasteiger partial charge in [-0.2, -0.15) is 0 Å². The molecule has 0 amide bonds. The van der Waals surface area contributed by atoms with Crippen LogP contribution in [0.4, 0.5) is 0 Å². The Morgan fingerprint density at radius 2 is 1.72 bits per heavy atom. The van der Waals surface area contributed by atoms with Crippen molar-refractivity contribution in [2.75, 3.05) is 33.4 Å². The fraction of sp³-hybridized carbons (Fsp3) is 0.571. The van der Waals surface area contributed by atoms with Gasteiger partial charge in [0.2, 0.25) is 0 Å². The summed E-state index contributed by atoms with van der Waals surface area (Å²) in [5, 5.41) is 28.5. The highest BCUT2D eigenvalue weighted by molar-refractivity contribution is 5.17. The minimum Gasteiger partial charge on any atom is -0.396 e. The van der Waals surface area contributed by atoms with Crippen molar-refractivity contribution in [1.29, 1.82) is 0 Å². The number of nitrogens with zero attached hydrogens (tertiary/aromatic N) is 1. The summed E-state index contributed by atoms with van der Waals surface area (Å²) in [5.74, 6) is 0. The second-order valence-corrected chi connectivity index (χ2v) is 5.25. The molecule has 102 valence electrons. The van der Waals surface area contributed by atoms with Crippen molar-refractivity contribution in [3.8, 4) is 0 Å². The van der Waals surface area contributed by atoms with Gasteiger partial charge < -0.3 is 20.2 Å². The van der Waals surface area contributed by atoms with Crippen LogP contribution < -0.4 is 0 Å². The van der Waals surface area contributed by atoms with Crippen LogP contribution in [-0.2, 0) is 0 Å². The van der Waals surface area contributed by atoms with Gasteiger partial charge in [0.25, 0.3) is 0 Å². The molecule has 0 bridgehead atoms. The smallest absolute Gasteiger partial charge is 0.0916 e. The Kier molecular flexibility index (Phi) is 5.75. The van der Waals surface area contributed by atoms with E-state index in [0.717, 1.165) is 5.56 Å². The molecule has 1 aromatic carbocycles. The summed E-state index contributed by atoms with van der Waals surface area (Å²) in [7, 11) is 1.87. The zero-order valence-electron chi connectivity index (χ0n) is 11.1. The Morgan fingerprint density at radius 1 is 1.17 bits per heavy atom. The predicted molar refractivity (Wildman–Crippen MR) is 71.2 cm³/mol. The summed E-state index contributed by atoms with van der Waals surface area (Å²) in [6.07, 6.45) is -0.558. The number of benzene rings is 1. The third kappa shape index (κ3) is 4.38. The zero-order chi connectivity index (χ0) is 13.6. The fourth-order valence-corrected chi connectivity index (χ4v) is 1.94. The number of rotatable bonds is 7. The normalized spacial score (nSPS) is 13.9. The molecule has 0 aliphatic heterocycles. The molecule has 0 saturated carbocycles. The molecule has 4 nitrogen and oxygen atoms in total. The van der Waals surface area contributed by atoms with Crippen molar-refractivity contribution >= 4 is 0 Å². The molecule has 1 atom stereocenters. The molecule has 1 unspecified atom stereocenters. The van der Waals surface area contributed by atoms with Gasteiger partial charge >= 0.3 is 0 Å². The van der Waals surface area contributed by atoms with E-state index in [1.54, 1.807) is 0 Å². The SMILES string of the molecule is CN(CC(O)c1ccccc1)CC(C)(CO)CO. The van der Waals surface area contributed by atoms with E-state index >= 15 is 0 Å². The van der Waals surface area contributed by atoms with Crippen molar-refractivity contribution in [3.05, 3.63) is 35.9 Å². The number of hydrogen-bond donors (Lipinski definition) is 3. The van der Waals surface area contributed by atoms with Gasteiger partial charge in [-0.15, -0.1) is 0 Å². The van der Waals surface area contributed by atoms with Gasteiger partial charge in [-0.3, -0.25) is 0 Å². The molecular formula is C14H23NO3. The predicted octanol–water partition coefficient (Wildman–Crippen LogP) is 0.643. The first-order valence-corrected chi connectivity index (χ1v) is 6.14. The lowest BCUT2D eigenvalue weighted by atomic mass is 9.92. The minimum absolute atomic E-state index is 0.0741. The van der Waals surface area contributed by atoms with Crippen LogP contribution in [-0.4, -0.2) is 53.6 Å². The van der Waals surface area contributed by atoms with Gasteiger partial charge in [0, 0.05) is 18.5 Å². The Labute approximate surface area is 108 Å². The Bertz CT molecular complexity index is 338. The number of hydrogen-bond acceptors (Lipinski definition) is 4. The van der Waals surface area contributed by atoms with Crippen molar-refractivity contribution in [1.82, 2.24) is 4.90 Å². The van der Waals surface area contributed by atoms with Gasteiger partial charge in [-0.05, 0) is 12.6 Å². The molecule has 0 aliphatic rings. The van der Waals surface area contributed by atoms with Crippen LogP contribution in [0.25, 0.3) is 0 Å². The molecule has 0 heterocycles. The summed E-state index contributed by atoms with van der Waals surface area (Å²) in [5.41, 5.74) is 0.338. The van der Waals surface area contributed by atoms with Crippen LogP contribution in [0.3, 0.4) is 0 Å². The molecule has 0 spiro atoms. The van der Waals surface area contributed by atoms with E-state index in [9.17, 15) is 15.3 Å². The quantitative estimate of drug-likeness (QED) is 0.667. The Morgan fingerprint density at radius 3 is 2.22 bits per heavy atom. The molecular weight excluding hydrogens is 230 g/mol. The van der Waals surface area contributed by atoms with Crippen LogP contribution in [0.1, 0.15) is 18.6 Å². The summed E-state index contributed by atoms with van der Waals surface area (Å²) >= 11 is 0. The summed E-state index contributed by atoms with van der Waals surface area (Å²) < 4.78 is 0. The molecule has 1 rings (SSSR count). The maximum Gasteiger partial charge on any atom is 0.0916 e. The molecule has 0 aliphatic carbocycles. The average Bonchev–Trinajstić information content (AvgIpc) is 2.39. The monoisotopic (exact) mass is 253 g/mol. The lowest BCUT2D eigenvalue weighted by molar-refractivity contribution is 0.0280. The maximum atomic E-state index is 10.1. The van der Waals surface area contributed by atoms with Gasteiger partial charge in [0.15, 0.2) is 0 Å². The van der Waals surface area contributed by atoms with Gasteiger partial charge in [-0.1, -0.05) is 37.3 Å². The third-order valence-electron chi connectivity index (χ3n) is 3.08. The molecule has 18 heavy (non-hydrogen) atoms. The fourth-order valence-electron chi connectivity index (χ4n) is 1.94. The van der Waals surface area contributed by atoms with Crippen LogP contribution in [0.5, 0.6) is 0 Å². The van der Waals surface area contributed by atoms with Crippen LogP contribution in [0.15, 0.2) is 30.3 Å². The number of aliphatic hydroxyl groups is 3. The van der Waals surface area contributed by atoms with E-state index in [2.05, 4.69) is 0 Å². The van der Waals surface area contributed by atoms with Gasteiger partial charge in [0.1, 0.15) is 0 Å². The molecule has 0 radical (unpaired) electrons. The van der Waals surface area contributed by atoms with E-state index in [-0.39, 0.29) is 13.2 Å². The van der Waals surface area contributed by atoms with Crippen molar-refractivity contribution in [2.24, 2.45) is 5.41 Å². The van der Waals surface area contributed by atoms with Crippen LogP contribution in [0, 0.1) is 5.41 Å². The molecule has 3 N–H and O–H groups in total. The Hall–Kier alpha value is -0.940. The molecule has 4 heteroatoms. The lowest BCUT2D eigenvalue weighted by Crippen LogP contribution is -2.40. The number of aliphatic hydroxyl groups excluding tert-OH is 3. The van der Waals surface area contributed by atoms with E-state index in [0.29, 0.717) is 13.1 Å². The summed E-state index contributed by atoms with van der Waals surface area (Å²) in [6.45, 7) is 2.67. The second kappa shape index (κ2) is 6.85. The maximum absolute atomic E-state index is 10.1. The second-order valence-electron chi connectivity index (χ2n) is 5.25. The minimum atomic E-state index is -0.558. The van der Waals surface area contributed by atoms with Crippen molar-refractivity contribution < 1.29 is 15.3 Å². The highest BCUT2D eigenvalue weighted by Crippen LogP contribution is 2.18. The lowest BCUT2D eigenvalue weighted by Gasteiger charge is -2.31. The summed E-state index contributed by atoms with van der Waals surface area (Å²) in [4.78, 5) is 1.92. The molecule has 0 fully saturated rings.